The van der Waals surface area contributed by atoms with Crippen LogP contribution < -0.4 is 5.32 Å². The molecule has 0 spiro atoms. The van der Waals surface area contributed by atoms with Gasteiger partial charge in [0.1, 0.15) is 5.69 Å². The summed E-state index contributed by atoms with van der Waals surface area (Å²) in [5, 5.41) is 13.3. The molecule has 3 fully saturated rings. The summed E-state index contributed by atoms with van der Waals surface area (Å²) in [5.74, 6) is 0.551. The third kappa shape index (κ3) is 4.06. The minimum Gasteiger partial charge on any atom is -0.333 e. The van der Waals surface area contributed by atoms with Crippen molar-refractivity contribution < 1.29 is 4.79 Å². The predicted octanol–water partition coefficient (Wildman–Crippen LogP) is 2.19. The summed E-state index contributed by atoms with van der Waals surface area (Å²) in [6.45, 7) is 3.12. The Labute approximate surface area is 183 Å². The molecule has 1 saturated carbocycles. The average molecular weight is 417 g/mol. The highest BCUT2D eigenvalue weighted by atomic mass is 16.2. The lowest BCUT2D eigenvalue weighted by Gasteiger charge is -2.56. The molecule has 3 heterocycles. The van der Waals surface area contributed by atoms with Crippen molar-refractivity contribution in [2.24, 2.45) is 0 Å². The van der Waals surface area contributed by atoms with Gasteiger partial charge in [-0.15, -0.1) is 0 Å². The van der Waals surface area contributed by atoms with E-state index in [9.17, 15) is 10.1 Å². The molecular formula is C24H28N6O. The van der Waals surface area contributed by atoms with Crippen LogP contribution in [0.25, 0.3) is 0 Å². The van der Waals surface area contributed by atoms with Crippen LogP contribution >= 0.6 is 0 Å². The van der Waals surface area contributed by atoms with Gasteiger partial charge < -0.3 is 10.2 Å². The number of benzene rings is 1. The normalized spacial score (nSPS) is 25.5. The van der Waals surface area contributed by atoms with Crippen molar-refractivity contribution in [3.05, 3.63) is 60.2 Å². The Morgan fingerprint density at radius 2 is 1.97 bits per heavy atom. The maximum atomic E-state index is 12.6. The predicted molar refractivity (Wildman–Crippen MR) is 116 cm³/mol. The number of piperidine rings is 1. The first kappa shape index (κ1) is 20.1. The van der Waals surface area contributed by atoms with Gasteiger partial charge in [0.05, 0.1) is 24.2 Å². The highest BCUT2D eigenvalue weighted by molar-refractivity contribution is 5.92. The molecule has 3 aliphatic rings. The number of nitriles is 1. The Bertz CT molecular complexity index is 945. The fraction of sp³-hybridized carbons (Fsp3) is 0.500. The Hall–Kier alpha value is -2.82. The van der Waals surface area contributed by atoms with Crippen molar-refractivity contribution in [3.63, 3.8) is 0 Å². The summed E-state index contributed by atoms with van der Waals surface area (Å²) in [7, 11) is 0. The Balaban J connectivity index is 1.13. The number of carbonyl (C=O) groups is 1. The molecular weight excluding hydrogens is 388 g/mol. The Morgan fingerprint density at radius 1 is 1.19 bits per heavy atom. The second kappa shape index (κ2) is 8.37. The van der Waals surface area contributed by atoms with Gasteiger partial charge in [-0.05, 0) is 24.8 Å². The zero-order chi connectivity index (χ0) is 21.3. The van der Waals surface area contributed by atoms with Gasteiger partial charge in [-0.25, -0.2) is 4.98 Å². The zero-order valence-electron chi connectivity index (χ0n) is 17.7. The van der Waals surface area contributed by atoms with E-state index in [4.69, 9.17) is 0 Å². The van der Waals surface area contributed by atoms with Crippen molar-refractivity contribution in [2.75, 3.05) is 26.2 Å². The maximum absolute atomic E-state index is 12.6. The molecule has 2 aliphatic heterocycles. The highest BCUT2D eigenvalue weighted by Gasteiger charge is 2.50. The van der Waals surface area contributed by atoms with Crippen LogP contribution in [0.3, 0.4) is 0 Å². The topological polar surface area (TPSA) is 85.2 Å². The molecule has 1 amide bonds. The number of nitrogens with one attached hydrogen (secondary N) is 1. The molecule has 1 aromatic heterocycles. The second-order valence-corrected chi connectivity index (χ2v) is 9.10. The number of nitrogens with zero attached hydrogens (tertiary/aromatic N) is 5. The number of likely N-dealkylation sites (tertiary alicyclic amines) is 2. The van der Waals surface area contributed by atoms with Gasteiger partial charge in [-0.2, -0.15) is 5.26 Å². The minimum atomic E-state index is -0.219. The lowest BCUT2D eigenvalue weighted by molar-refractivity contribution is -0.0499. The number of hydrogen-bond donors (Lipinski definition) is 1. The smallest absolute Gasteiger partial charge is 0.274 e. The van der Waals surface area contributed by atoms with Gasteiger partial charge in [0, 0.05) is 56.6 Å². The molecule has 1 N–H and O–H groups in total. The summed E-state index contributed by atoms with van der Waals surface area (Å²) >= 11 is 0. The van der Waals surface area contributed by atoms with Crippen molar-refractivity contribution in [3.8, 4) is 6.07 Å². The average Bonchev–Trinajstić information content (AvgIpc) is 3.56. The number of rotatable bonds is 6. The van der Waals surface area contributed by atoms with E-state index in [-0.39, 0.29) is 11.4 Å². The first-order valence-corrected chi connectivity index (χ1v) is 11.2. The molecule has 0 bridgehead atoms. The van der Waals surface area contributed by atoms with Crippen LogP contribution in [0.1, 0.15) is 47.7 Å². The van der Waals surface area contributed by atoms with Gasteiger partial charge in [-0.1, -0.05) is 30.3 Å². The van der Waals surface area contributed by atoms with Gasteiger partial charge >= 0.3 is 0 Å². The molecule has 2 saturated heterocycles. The SMILES string of the molecule is N#CCC1(N2CCC(N[C@@H]3CC3c3ccccc3)CC2)CN(C(=O)c2cnccn2)C1. The van der Waals surface area contributed by atoms with Crippen molar-refractivity contribution in [1.82, 2.24) is 25.1 Å². The third-order valence-electron chi connectivity index (χ3n) is 7.08. The standard InChI is InChI=1S/C24H28N6O/c25-9-8-24(16-29(17-24)23(31)22-15-26-10-11-27-22)30-12-6-19(7-13-30)28-21-14-20(21)18-4-2-1-3-5-18/h1-5,10-11,15,19-21,28H,6-8,12-14,16-17H2/t20?,21-/m1/s1. The van der Waals surface area contributed by atoms with Crippen LogP contribution in [0.2, 0.25) is 0 Å². The minimum absolute atomic E-state index is 0.0982. The van der Waals surface area contributed by atoms with Gasteiger partial charge in [0.25, 0.3) is 5.91 Å². The van der Waals surface area contributed by atoms with Crippen molar-refractivity contribution >= 4 is 5.91 Å². The lowest BCUT2D eigenvalue weighted by atomic mass is 9.82. The van der Waals surface area contributed by atoms with Crippen LogP contribution in [0, 0.1) is 11.3 Å². The first-order chi connectivity index (χ1) is 15.2. The molecule has 160 valence electrons. The molecule has 7 nitrogen and oxygen atoms in total. The van der Waals surface area contributed by atoms with Crippen LogP contribution in [0.5, 0.6) is 0 Å². The van der Waals surface area contributed by atoms with E-state index >= 15 is 0 Å². The largest absolute Gasteiger partial charge is 0.333 e. The summed E-state index contributed by atoms with van der Waals surface area (Å²) in [5.41, 5.74) is 1.59. The van der Waals surface area contributed by atoms with E-state index in [0.717, 1.165) is 25.9 Å². The number of aromatic nitrogens is 2. The number of hydrogen-bond acceptors (Lipinski definition) is 6. The molecule has 1 aromatic carbocycles. The number of amides is 1. The molecule has 2 atom stereocenters. The lowest BCUT2D eigenvalue weighted by Crippen LogP contribution is -2.72. The first-order valence-electron chi connectivity index (χ1n) is 11.2. The number of carbonyl (C=O) groups excluding carboxylic acids is 1. The summed E-state index contributed by atoms with van der Waals surface area (Å²) in [4.78, 5) is 25.0. The van der Waals surface area contributed by atoms with E-state index < -0.39 is 0 Å². The summed E-state index contributed by atoms with van der Waals surface area (Å²) in [6, 6.07) is 14.3. The quantitative estimate of drug-likeness (QED) is 0.777. The maximum Gasteiger partial charge on any atom is 0.274 e. The van der Waals surface area contributed by atoms with Crippen molar-refractivity contribution in [2.45, 2.75) is 49.2 Å². The van der Waals surface area contributed by atoms with E-state index in [2.05, 4.69) is 56.6 Å². The molecule has 0 radical (unpaired) electrons. The summed E-state index contributed by atoms with van der Waals surface area (Å²) in [6.07, 6.45) is 8.46. The van der Waals surface area contributed by atoms with Gasteiger partial charge in [0.15, 0.2) is 0 Å². The molecule has 1 unspecified atom stereocenters. The van der Waals surface area contributed by atoms with Gasteiger partial charge in [0.2, 0.25) is 0 Å². The highest BCUT2D eigenvalue weighted by Crippen LogP contribution is 2.41. The van der Waals surface area contributed by atoms with Crippen LogP contribution in [0.15, 0.2) is 48.9 Å². The second-order valence-electron chi connectivity index (χ2n) is 9.10. The Morgan fingerprint density at radius 3 is 2.65 bits per heavy atom. The van der Waals surface area contributed by atoms with Crippen LogP contribution in [-0.4, -0.2) is 69.5 Å². The monoisotopic (exact) mass is 416 g/mol. The third-order valence-corrected chi connectivity index (χ3v) is 7.08. The van der Waals surface area contributed by atoms with E-state index in [1.165, 1.54) is 24.4 Å². The molecule has 5 rings (SSSR count). The molecule has 1 aliphatic carbocycles. The Kier molecular flexibility index (Phi) is 5.43. The van der Waals surface area contributed by atoms with Crippen LogP contribution in [0.4, 0.5) is 0 Å². The van der Waals surface area contributed by atoms with Crippen molar-refractivity contribution in [1.29, 1.82) is 5.26 Å². The van der Waals surface area contributed by atoms with E-state index in [1.54, 1.807) is 11.1 Å². The molecule has 31 heavy (non-hydrogen) atoms. The summed E-state index contributed by atoms with van der Waals surface area (Å²) < 4.78 is 0. The fourth-order valence-corrected chi connectivity index (χ4v) is 5.22. The zero-order valence-corrected chi connectivity index (χ0v) is 17.7. The van der Waals surface area contributed by atoms with E-state index in [1.807, 2.05) is 0 Å². The van der Waals surface area contributed by atoms with Gasteiger partial charge in [-0.3, -0.25) is 14.7 Å². The molecule has 7 heteroatoms. The van der Waals surface area contributed by atoms with E-state index in [0.29, 0.717) is 43.2 Å². The molecule has 2 aromatic rings. The fourth-order valence-electron chi connectivity index (χ4n) is 5.22. The van der Waals surface area contributed by atoms with Crippen LogP contribution in [-0.2, 0) is 0 Å².